The molecule has 4 aliphatic heterocycles. The van der Waals surface area contributed by atoms with Crippen LogP contribution in [0.2, 0.25) is 0 Å². The highest BCUT2D eigenvalue weighted by Crippen LogP contribution is 2.43. The van der Waals surface area contributed by atoms with Crippen LogP contribution in [0.4, 0.5) is 10.5 Å². The number of nitrogens with two attached hydrogens (primary N) is 2. The molecule has 3 aromatic carbocycles. The molecule has 21 N–H and O–H groups in total. The van der Waals surface area contributed by atoms with Crippen LogP contribution in [0.15, 0.2) is 94.3 Å². The number of amides is 12. The van der Waals surface area contributed by atoms with E-state index in [2.05, 4.69) is 74.1 Å². The minimum Gasteiger partial charge on any atom is -0.508 e. The molecular formula is C83H112N18O16S2. The maximum Gasteiger partial charge on any atom is 0.336 e. The topological polar surface area (TPSA) is 527 Å². The summed E-state index contributed by atoms with van der Waals surface area (Å²) in [7, 11) is 0. The van der Waals surface area contributed by atoms with E-state index in [0.717, 1.165) is 29.5 Å². The van der Waals surface area contributed by atoms with Crippen LogP contribution < -0.4 is 86.0 Å². The minimum absolute atomic E-state index is 0.0194. The average Bonchev–Trinajstić information content (AvgIpc) is 1.20. The van der Waals surface area contributed by atoms with Crippen molar-refractivity contribution in [1.29, 1.82) is 5.41 Å². The Morgan fingerprint density at radius 2 is 1.27 bits per heavy atom. The van der Waals surface area contributed by atoms with Crippen molar-refractivity contribution in [3.63, 3.8) is 0 Å². The average molecular weight is 1680 g/mol. The van der Waals surface area contributed by atoms with E-state index in [1.54, 1.807) is 36.5 Å². The maximum absolute atomic E-state index is 14.7. The number of carboxylic acid groups (broad SMARTS) is 1. The Morgan fingerprint density at radius 3 is 1.98 bits per heavy atom. The van der Waals surface area contributed by atoms with Crippen LogP contribution in [0.3, 0.4) is 0 Å². The quantitative estimate of drug-likeness (QED) is 0.00609. The van der Waals surface area contributed by atoms with Crippen molar-refractivity contribution >= 4 is 134 Å². The molecule has 1 aromatic heterocycles. The smallest absolute Gasteiger partial charge is 0.336 e. The van der Waals surface area contributed by atoms with Crippen LogP contribution in [0.5, 0.6) is 5.75 Å². The summed E-state index contributed by atoms with van der Waals surface area (Å²) in [5.41, 5.74) is 14.2. The molecule has 0 saturated carbocycles. The number of unbranched alkanes of at least 4 members (excludes halogenated alkanes) is 4. The number of hydrogen-bond donors (Lipinski definition) is 19. The lowest BCUT2D eigenvalue weighted by molar-refractivity contribution is -0.140. The molecule has 5 heterocycles. The number of rotatable bonds is 44. The molecule has 1 aliphatic carbocycles. The molecule has 11 atom stereocenters. The lowest BCUT2D eigenvalue weighted by atomic mass is 9.90. The van der Waals surface area contributed by atoms with Crippen LogP contribution in [0.25, 0.3) is 44.3 Å². The highest BCUT2D eigenvalue weighted by Gasteiger charge is 2.43. The van der Waals surface area contributed by atoms with Crippen molar-refractivity contribution in [3.05, 3.63) is 106 Å². The third-order valence-electron chi connectivity index (χ3n) is 21.2. The summed E-state index contributed by atoms with van der Waals surface area (Å²) >= 11 is 7.38. The number of aromatic nitrogens is 1. The first-order valence-corrected chi connectivity index (χ1v) is 42.2. The molecule has 36 heteroatoms. The van der Waals surface area contributed by atoms with E-state index < -0.39 is 102 Å². The van der Waals surface area contributed by atoms with Crippen LogP contribution in [0, 0.1) is 17.2 Å². The molecule has 3 saturated heterocycles. The number of phenolic OH excluding ortho intramolecular Hbond substituents is 1. The van der Waals surface area contributed by atoms with Crippen LogP contribution in [-0.2, 0) is 54.4 Å². The number of aromatic carboxylic acids is 1. The SMILES string of the molecule is CC(C)CC(NC(=O)C(C)NC(=O)C(CC(C)C)NC(=O)C1CCCN1C(=O)CCCCCNC(=S)Nc1ccc(-c2c3ccc(=O)cc-3oc3cc(O)ccc23)c(C(=O)O)c1)C(=O)NC(Cc1c[nH]c2ccccc12)C(=O)NC(C)C(=O)NC(CCCNC(=N)N)C(=O)NC(CCCCNC(=O)CCCCC1SCC2NC(=O)NC21)C(N)=O. The van der Waals surface area contributed by atoms with Gasteiger partial charge in [-0.15, -0.1) is 0 Å². The summed E-state index contributed by atoms with van der Waals surface area (Å²) in [6, 6.07) is 11.1. The number of hydrogen-bond acceptors (Lipinski definition) is 18. The first kappa shape index (κ1) is 91.3. The minimum atomic E-state index is -1.38. The third-order valence-corrected chi connectivity index (χ3v) is 23.0. The third kappa shape index (κ3) is 26.5. The number of nitrogens with zero attached hydrogens (tertiary/aromatic N) is 1. The van der Waals surface area contributed by atoms with Crippen molar-refractivity contribution in [3.8, 4) is 28.2 Å². The van der Waals surface area contributed by atoms with Gasteiger partial charge in [0.2, 0.25) is 59.1 Å². The second-order valence-electron chi connectivity index (χ2n) is 31.5. The first-order chi connectivity index (χ1) is 56.8. The zero-order chi connectivity index (χ0) is 86.1. The van der Waals surface area contributed by atoms with Crippen LogP contribution >= 0.6 is 24.0 Å². The molecule has 0 bridgehead atoms. The van der Waals surface area contributed by atoms with Gasteiger partial charge in [-0.25, -0.2) is 9.59 Å². The van der Waals surface area contributed by atoms with Gasteiger partial charge in [-0.2, -0.15) is 11.8 Å². The number of thioether (sulfide) groups is 1. The van der Waals surface area contributed by atoms with Gasteiger partial charge in [0.1, 0.15) is 65.4 Å². The second-order valence-corrected chi connectivity index (χ2v) is 33.2. The largest absolute Gasteiger partial charge is 0.508 e. The number of carboxylic acids is 1. The van der Waals surface area contributed by atoms with Gasteiger partial charge >= 0.3 is 12.0 Å². The number of urea groups is 1. The number of phenols is 1. The van der Waals surface area contributed by atoms with Crippen molar-refractivity contribution in [2.75, 3.05) is 37.2 Å². The van der Waals surface area contributed by atoms with Crippen LogP contribution in [0.1, 0.15) is 167 Å². The number of guanidine groups is 1. The van der Waals surface area contributed by atoms with E-state index >= 15 is 0 Å². The number of para-hydroxylation sites is 1. The Morgan fingerprint density at radius 1 is 0.639 bits per heavy atom. The van der Waals surface area contributed by atoms with E-state index in [-0.39, 0.29) is 132 Å². The molecule has 642 valence electrons. The van der Waals surface area contributed by atoms with Gasteiger partial charge in [-0.3, -0.25) is 58.1 Å². The number of anilines is 1. The van der Waals surface area contributed by atoms with Crippen molar-refractivity contribution < 1.29 is 72.2 Å². The van der Waals surface area contributed by atoms with Gasteiger partial charge in [-0.1, -0.05) is 64.8 Å². The van der Waals surface area contributed by atoms with Gasteiger partial charge in [0.25, 0.3) is 0 Å². The molecule has 0 spiro atoms. The highest BCUT2D eigenvalue weighted by molar-refractivity contribution is 8.00. The van der Waals surface area contributed by atoms with Crippen molar-refractivity contribution in [1.82, 2.24) is 73.7 Å². The number of fused-ring (bicyclic) bond motifs is 4. The van der Waals surface area contributed by atoms with E-state index in [1.807, 2.05) is 57.7 Å². The Kier molecular flexibility index (Phi) is 33.6. The molecule has 4 aromatic rings. The Labute approximate surface area is 699 Å². The number of benzene rings is 4. The molecule has 5 aliphatic rings. The lowest BCUT2D eigenvalue weighted by Gasteiger charge is -2.28. The predicted molar refractivity (Wildman–Crippen MR) is 456 cm³/mol. The molecule has 34 nitrogen and oxygen atoms in total. The van der Waals surface area contributed by atoms with E-state index in [4.69, 9.17) is 33.5 Å². The molecular weight excluding hydrogens is 1570 g/mol. The monoisotopic (exact) mass is 1680 g/mol. The standard InChI is InChI=1S/C83H112N18O16S2/c1-44(2)36-60(98-79(113)64-22-17-35-101(64)69(105)25-8-7-14-33-89-83(118)93-49-26-29-53(56(39-49)80(114)115)70-54-30-27-50(102)40-65(54)117-66-41-51(103)28-31-55(66)70)76(110)91-47(6)74(108)96-61(37-45(3)4)78(112)97-62(38-48-42-90-57-19-10-9-18-52(48)57)77(111)92-46(5)73(107)95-59(21-16-34-88-81(85)86)75(109)94-58(72(84)106)20-13-15-32-87-68(104)24-12-11-23-67-71-63(43-119-67)99-82(116)100-71/h9-10,18-19,26-31,39-42,44-47,58-64,67,71,90,102H,7-8,11-17,20-25,32-38,43H2,1-6H3,(H2,84,106)(H,87,104)(H,91,110)(H,92,111)(H,94,109)(H,95,107)(H,96,108)(H,97,112)(H,98,113)(H,114,115)(H4,85,86,88)(H2,89,93,118)(H2,99,100,116). The number of thiocarbonyl (C=S) groups is 1. The van der Waals surface area contributed by atoms with E-state index in [9.17, 15) is 72.5 Å². The highest BCUT2D eigenvalue weighted by atomic mass is 32.2. The Balaban J connectivity index is 0.743. The number of aromatic hydroxyl groups is 1. The molecule has 3 fully saturated rings. The number of primary amides is 1. The summed E-state index contributed by atoms with van der Waals surface area (Å²) in [5.74, 6) is -7.20. The fourth-order valence-electron chi connectivity index (χ4n) is 15.1. The number of nitrogens with one attached hydrogen (secondary N) is 15. The first-order valence-electron chi connectivity index (χ1n) is 40.7. The van der Waals surface area contributed by atoms with Gasteiger partial charge in [0.15, 0.2) is 16.5 Å². The van der Waals surface area contributed by atoms with Crippen LogP contribution in [-0.4, -0.2) is 200 Å². The zero-order valence-corrected chi connectivity index (χ0v) is 69.5. The van der Waals surface area contributed by atoms with Gasteiger partial charge < -0.3 is 105 Å². The predicted octanol–water partition coefficient (Wildman–Crippen LogP) is 4.82. The summed E-state index contributed by atoms with van der Waals surface area (Å²) in [5, 5.41) is 66.8. The lowest BCUT2D eigenvalue weighted by Crippen LogP contribution is -2.60. The fraction of sp³-hybridized carbons (Fsp3) is 0.506. The molecule has 11 unspecified atom stereocenters. The summed E-state index contributed by atoms with van der Waals surface area (Å²) in [6.45, 7) is 11.4. The molecule has 0 radical (unpaired) electrons. The van der Waals surface area contributed by atoms with Gasteiger partial charge in [0.05, 0.1) is 17.6 Å². The van der Waals surface area contributed by atoms with E-state index in [1.165, 1.54) is 49.1 Å². The van der Waals surface area contributed by atoms with Gasteiger partial charge in [0, 0.05) is 108 Å². The number of aromatic amines is 1. The number of H-pyrrole nitrogens is 1. The summed E-state index contributed by atoms with van der Waals surface area (Å²) in [6.07, 6.45) is 8.41. The summed E-state index contributed by atoms with van der Waals surface area (Å²) < 4.78 is 5.95. The summed E-state index contributed by atoms with van der Waals surface area (Å²) in [4.78, 5) is 181. The van der Waals surface area contributed by atoms with Gasteiger partial charge in [-0.05, 0) is 175 Å². The van der Waals surface area contributed by atoms with Crippen molar-refractivity contribution in [2.24, 2.45) is 23.3 Å². The Hall–Kier alpha value is -11.6. The maximum atomic E-state index is 14.7. The van der Waals surface area contributed by atoms with Crippen molar-refractivity contribution in [2.45, 2.75) is 223 Å². The number of carbonyl (C=O) groups excluding carboxylic acids is 11. The number of carbonyl (C=O) groups is 12. The molecule has 119 heavy (non-hydrogen) atoms. The molecule has 12 amide bonds. The number of likely N-dealkylation sites (tertiary alicyclic amines) is 1. The van der Waals surface area contributed by atoms with E-state index in [0.29, 0.717) is 116 Å². The fourth-order valence-corrected chi connectivity index (χ4v) is 16.8. The Bertz CT molecular complexity index is 4710. The molecule has 9 rings (SSSR count). The zero-order valence-electron chi connectivity index (χ0n) is 67.9. The second kappa shape index (κ2) is 43.8. The normalized spacial score (nSPS) is 17.3.